The summed E-state index contributed by atoms with van der Waals surface area (Å²) >= 11 is 5.73. The Bertz CT molecular complexity index is 907. The zero-order valence-electron chi connectivity index (χ0n) is 17.0. The number of hydrogen-bond donors (Lipinski definition) is 1. The molecule has 0 aromatic heterocycles. The number of esters is 1. The van der Waals surface area contributed by atoms with Crippen LogP contribution in [-0.2, 0) is 9.53 Å². The van der Waals surface area contributed by atoms with Gasteiger partial charge in [0, 0.05) is 49.4 Å². The van der Waals surface area contributed by atoms with E-state index in [1.807, 2.05) is 12.1 Å². The molecule has 30 heavy (non-hydrogen) atoms. The lowest BCUT2D eigenvalue weighted by atomic mass is 10.1. The smallest absolute Gasteiger partial charge is 0.337 e. The summed E-state index contributed by atoms with van der Waals surface area (Å²) in [6.45, 7) is 5.14. The Morgan fingerprint density at radius 1 is 1.20 bits per heavy atom. The van der Waals surface area contributed by atoms with Crippen molar-refractivity contribution in [2.24, 2.45) is 0 Å². The third kappa shape index (κ3) is 5.49. The van der Waals surface area contributed by atoms with Crippen molar-refractivity contribution in [2.45, 2.75) is 19.4 Å². The molecule has 1 atom stereocenters. The van der Waals surface area contributed by atoms with Crippen molar-refractivity contribution in [3.63, 3.8) is 0 Å². The van der Waals surface area contributed by atoms with Crippen LogP contribution >= 0.6 is 11.6 Å². The minimum atomic E-state index is -0.545. The molecule has 0 spiro atoms. The average Bonchev–Trinajstić information content (AvgIpc) is 2.74. The highest BCUT2D eigenvalue weighted by molar-refractivity contribution is 6.30. The summed E-state index contributed by atoms with van der Waals surface area (Å²) in [4.78, 5) is 28.3. The lowest BCUT2D eigenvalue weighted by Gasteiger charge is -2.41. The lowest BCUT2D eigenvalue weighted by molar-refractivity contribution is -0.116. The van der Waals surface area contributed by atoms with E-state index in [-0.39, 0.29) is 35.0 Å². The summed E-state index contributed by atoms with van der Waals surface area (Å²) in [7, 11) is 1.36. The Kier molecular flexibility index (Phi) is 7.29. The number of carbonyl (C=O) groups excluding carboxylic acids is 2. The number of piperazine rings is 1. The number of carbonyl (C=O) groups is 2. The number of hydrogen-bond acceptors (Lipinski definition) is 5. The van der Waals surface area contributed by atoms with Crippen molar-refractivity contribution in [3.05, 3.63) is 58.9 Å². The second kappa shape index (κ2) is 9.91. The third-order valence-corrected chi connectivity index (χ3v) is 5.49. The van der Waals surface area contributed by atoms with Crippen LogP contribution in [-0.4, -0.2) is 56.1 Å². The Morgan fingerprint density at radius 3 is 2.57 bits per heavy atom. The highest BCUT2D eigenvalue weighted by Gasteiger charge is 2.24. The van der Waals surface area contributed by atoms with Gasteiger partial charge in [-0.25, -0.2) is 9.18 Å². The molecule has 1 unspecified atom stereocenters. The maximum absolute atomic E-state index is 13.8. The monoisotopic (exact) mass is 433 g/mol. The fourth-order valence-electron chi connectivity index (χ4n) is 3.54. The van der Waals surface area contributed by atoms with Gasteiger partial charge in [0.1, 0.15) is 5.82 Å². The molecule has 1 N–H and O–H groups in total. The number of rotatable bonds is 6. The number of methoxy groups -OCH3 is 1. The number of benzene rings is 2. The molecule has 1 aliphatic heterocycles. The van der Waals surface area contributed by atoms with Crippen LogP contribution in [0.4, 0.5) is 15.8 Å². The van der Waals surface area contributed by atoms with E-state index in [1.165, 1.54) is 19.2 Å². The van der Waals surface area contributed by atoms with Gasteiger partial charge in [-0.1, -0.05) is 11.6 Å². The van der Waals surface area contributed by atoms with Gasteiger partial charge in [0.2, 0.25) is 5.91 Å². The maximum atomic E-state index is 13.8. The Balaban J connectivity index is 1.49. The molecule has 3 rings (SSSR count). The van der Waals surface area contributed by atoms with Crippen molar-refractivity contribution in [1.82, 2.24) is 4.90 Å². The van der Waals surface area contributed by atoms with E-state index < -0.39 is 5.82 Å². The SMILES string of the molecule is COC(=O)c1ccc(N2CCN(CCC(=O)Nc3ccc(Cl)cc3F)C(C)C2)cc1. The molecule has 1 amide bonds. The zero-order valence-corrected chi connectivity index (χ0v) is 17.8. The topological polar surface area (TPSA) is 61.9 Å². The molecular formula is C22H25ClFN3O3. The van der Waals surface area contributed by atoms with Gasteiger partial charge in [0.25, 0.3) is 0 Å². The fraction of sp³-hybridized carbons (Fsp3) is 0.364. The first-order chi connectivity index (χ1) is 14.4. The van der Waals surface area contributed by atoms with E-state index in [1.54, 1.807) is 18.2 Å². The highest BCUT2D eigenvalue weighted by atomic mass is 35.5. The van der Waals surface area contributed by atoms with E-state index in [9.17, 15) is 14.0 Å². The van der Waals surface area contributed by atoms with E-state index in [0.29, 0.717) is 12.1 Å². The van der Waals surface area contributed by atoms with Gasteiger partial charge >= 0.3 is 5.97 Å². The molecule has 0 aliphatic carbocycles. The van der Waals surface area contributed by atoms with Crippen LogP contribution in [0.1, 0.15) is 23.7 Å². The van der Waals surface area contributed by atoms with Crippen LogP contribution in [0.3, 0.4) is 0 Å². The first-order valence-corrected chi connectivity index (χ1v) is 10.2. The molecule has 1 fully saturated rings. The van der Waals surface area contributed by atoms with E-state index in [4.69, 9.17) is 16.3 Å². The van der Waals surface area contributed by atoms with Crippen LogP contribution in [0.25, 0.3) is 0 Å². The second-order valence-electron chi connectivity index (χ2n) is 7.29. The van der Waals surface area contributed by atoms with Crippen LogP contribution in [0, 0.1) is 5.82 Å². The number of nitrogens with zero attached hydrogens (tertiary/aromatic N) is 2. The molecule has 160 valence electrons. The summed E-state index contributed by atoms with van der Waals surface area (Å²) in [5.74, 6) is -1.13. The summed E-state index contributed by atoms with van der Waals surface area (Å²) in [6.07, 6.45) is 0.278. The van der Waals surface area contributed by atoms with Crippen LogP contribution in [0.5, 0.6) is 0 Å². The van der Waals surface area contributed by atoms with E-state index in [0.717, 1.165) is 25.3 Å². The number of ether oxygens (including phenoxy) is 1. The minimum absolute atomic E-state index is 0.137. The molecule has 6 nitrogen and oxygen atoms in total. The van der Waals surface area contributed by atoms with Crippen LogP contribution in [0.2, 0.25) is 5.02 Å². The molecule has 0 radical (unpaired) electrons. The first-order valence-electron chi connectivity index (χ1n) is 9.79. The normalized spacial score (nSPS) is 16.9. The van der Waals surface area contributed by atoms with Crippen molar-refractivity contribution in [3.8, 4) is 0 Å². The summed E-state index contributed by atoms with van der Waals surface area (Å²) < 4.78 is 18.6. The Labute approximate surface area is 180 Å². The fourth-order valence-corrected chi connectivity index (χ4v) is 3.70. The third-order valence-electron chi connectivity index (χ3n) is 5.25. The standard InChI is InChI=1S/C22H25ClFN3O3/c1-15-14-27(18-6-3-16(4-7-18)22(29)30-2)12-11-26(15)10-9-21(28)25-20-8-5-17(23)13-19(20)24/h3-8,13,15H,9-12,14H2,1-2H3,(H,25,28). The minimum Gasteiger partial charge on any atom is -0.465 e. The summed E-state index contributed by atoms with van der Waals surface area (Å²) in [5, 5.41) is 2.89. The maximum Gasteiger partial charge on any atom is 0.337 e. The van der Waals surface area contributed by atoms with Gasteiger partial charge in [-0.05, 0) is 49.4 Å². The van der Waals surface area contributed by atoms with Crippen LogP contribution in [0.15, 0.2) is 42.5 Å². The Hall–Kier alpha value is -2.64. The second-order valence-corrected chi connectivity index (χ2v) is 7.73. The van der Waals surface area contributed by atoms with Crippen molar-refractivity contribution >= 4 is 34.9 Å². The van der Waals surface area contributed by atoms with Gasteiger partial charge < -0.3 is 15.0 Å². The zero-order chi connectivity index (χ0) is 21.7. The predicted octanol–water partition coefficient (Wildman–Crippen LogP) is 3.81. The average molecular weight is 434 g/mol. The quantitative estimate of drug-likeness (QED) is 0.702. The molecule has 1 heterocycles. The Morgan fingerprint density at radius 2 is 1.93 bits per heavy atom. The molecule has 8 heteroatoms. The predicted molar refractivity (Wildman–Crippen MR) is 116 cm³/mol. The van der Waals surface area contributed by atoms with E-state index >= 15 is 0 Å². The van der Waals surface area contributed by atoms with E-state index in [2.05, 4.69) is 22.0 Å². The number of nitrogens with one attached hydrogen (secondary N) is 1. The van der Waals surface area contributed by atoms with Gasteiger partial charge in [0.05, 0.1) is 18.4 Å². The lowest BCUT2D eigenvalue weighted by Crippen LogP contribution is -2.52. The van der Waals surface area contributed by atoms with Gasteiger partial charge in [-0.2, -0.15) is 0 Å². The molecule has 2 aromatic carbocycles. The summed E-state index contributed by atoms with van der Waals surface area (Å²) in [6, 6.07) is 11.8. The van der Waals surface area contributed by atoms with Crippen molar-refractivity contribution < 1.29 is 18.7 Å². The number of amides is 1. The molecule has 1 saturated heterocycles. The number of halogens is 2. The van der Waals surface area contributed by atoms with Crippen LogP contribution < -0.4 is 10.2 Å². The van der Waals surface area contributed by atoms with Gasteiger partial charge in [0.15, 0.2) is 0 Å². The summed E-state index contributed by atoms with van der Waals surface area (Å²) in [5.41, 5.74) is 1.71. The van der Waals surface area contributed by atoms with Gasteiger partial charge in [-0.3, -0.25) is 9.69 Å². The van der Waals surface area contributed by atoms with Gasteiger partial charge in [-0.15, -0.1) is 0 Å². The van der Waals surface area contributed by atoms with Crippen molar-refractivity contribution in [1.29, 1.82) is 0 Å². The molecule has 0 bridgehead atoms. The molecular weight excluding hydrogens is 409 g/mol. The highest BCUT2D eigenvalue weighted by Crippen LogP contribution is 2.21. The molecule has 0 saturated carbocycles. The molecule has 1 aliphatic rings. The number of anilines is 2. The largest absolute Gasteiger partial charge is 0.465 e. The molecule has 2 aromatic rings. The van der Waals surface area contributed by atoms with Crippen molar-refractivity contribution in [2.75, 3.05) is 43.5 Å². The first kappa shape index (κ1) is 22.1.